The summed E-state index contributed by atoms with van der Waals surface area (Å²) >= 11 is 0. The van der Waals surface area contributed by atoms with Crippen molar-refractivity contribution in [3.05, 3.63) is 35.4 Å². The van der Waals surface area contributed by atoms with Gasteiger partial charge in [-0.2, -0.15) is 9.97 Å². The molecule has 3 heterocycles. The number of unbranched alkanes of at least 4 members (excludes halogenated alkanes) is 1. The van der Waals surface area contributed by atoms with Crippen molar-refractivity contribution in [2.45, 2.75) is 52.1 Å². The van der Waals surface area contributed by atoms with Gasteiger partial charge in [-0.25, -0.2) is 0 Å². The van der Waals surface area contributed by atoms with E-state index < -0.39 is 5.91 Å². The molecule has 0 spiro atoms. The summed E-state index contributed by atoms with van der Waals surface area (Å²) in [7, 11) is 0. The molecule has 0 unspecified atom stereocenters. The summed E-state index contributed by atoms with van der Waals surface area (Å²) < 4.78 is 5.65. The molecule has 9 nitrogen and oxygen atoms in total. The van der Waals surface area contributed by atoms with Gasteiger partial charge in [0.2, 0.25) is 11.8 Å². The molecule has 32 heavy (non-hydrogen) atoms. The van der Waals surface area contributed by atoms with Crippen LogP contribution < -0.4 is 20.7 Å². The van der Waals surface area contributed by atoms with Gasteiger partial charge in [-0.15, -0.1) is 0 Å². The van der Waals surface area contributed by atoms with Gasteiger partial charge in [0.15, 0.2) is 11.6 Å². The van der Waals surface area contributed by atoms with Crippen LogP contribution in [-0.2, 0) is 22.7 Å². The van der Waals surface area contributed by atoms with Gasteiger partial charge in [0.05, 0.1) is 13.2 Å². The number of hydrogen-bond acceptors (Lipinski definition) is 7. The van der Waals surface area contributed by atoms with Gasteiger partial charge in [0, 0.05) is 6.54 Å². The Balaban J connectivity index is 1.67. The smallest absolute Gasteiger partial charge is 0.320 e. The van der Waals surface area contributed by atoms with Crippen LogP contribution in [0.4, 0.5) is 17.3 Å². The van der Waals surface area contributed by atoms with Crippen molar-refractivity contribution >= 4 is 29.1 Å². The number of carbonyl (C=O) groups excluding carboxylic acids is 2. The van der Waals surface area contributed by atoms with E-state index in [4.69, 9.17) is 10.5 Å². The molecule has 0 aliphatic carbocycles. The SMILES string of the molecule is CCCCOc1nc(N)c2c(n1)N(Cc1ccccc1CN1CCCC1)C(=O)CC(=O)N2. The monoisotopic (exact) mass is 438 g/mol. The van der Waals surface area contributed by atoms with Crippen molar-refractivity contribution in [1.29, 1.82) is 0 Å². The zero-order valence-electron chi connectivity index (χ0n) is 18.5. The van der Waals surface area contributed by atoms with Crippen LogP contribution in [0.5, 0.6) is 6.01 Å². The number of hydrogen-bond donors (Lipinski definition) is 2. The van der Waals surface area contributed by atoms with E-state index >= 15 is 0 Å². The molecule has 2 aromatic rings. The van der Waals surface area contributed by atoms with Crippen LogP contribution >= 0.6 is 0 Å². The lowest BCUT2D eigenvalue weighted by molar-refractivity contribution is -0.125. The number of benzene rings is 1. The number of nitrogens with zero attached hydrogens (tertiary/aromatic N) is 4. The molecule has 3 N–H and O–H groups in total. The van der Waals surface area contributed by atoms with Gasteiger partial charge in [0.1, 0.15) is 12.1 Å². The molecule has 0 bridgehead atoms. The first-order valence-corrected chi connectivity index (χ1v) is 11.2. The molecular formula is C23H30N6O3. The number of fused-ring (bicyclic) bond motifs is 1. The Morgan fingerprint density at radius 1 is 1.09 bits per heavy atom. The van der Waals surface area contributed by atoms with Crippen molar-refractivity contribution in [1.82, 2.24) is 14.9 Å². The zero-order chi connectivity index (χ0) is 22.5. The van der Waals surface area contributed by atoms with Crippen molar-refractivity contribution < 1.29 is 14.3 Å². The van der Waals surface area contributed by atoms with Gasteiger partial charge in [0.25, 0.3) is 0 Å². The Bertz CT molecular complexity index is 990. The number of aromatic nitrogens is 2. The number of amides is 2. The fourth-order valence-electron chi connectivity index (χ4n) is 4.05. The van der Waals surface area contributed by atoms with Gasteiger partial charge >= 0.3 is 6.01 Å². The highest BCUT2D eigenvalue weighted by Gasteiger charge is 2.31. The third-order valence-electron chi connectivity index (χ3n) is 5.80. The fraction of sp³-hybridized carbons (Fsp3) is 0.478. The first-order valence-electron chi connectivity index (χ1n) is 11.2. The molecule has 2 amide bonds. The molecule has 0 saturated carbocycles. The minimum Gasteiger partial charge on any atom is -0.463 e. The van der Waals surface area contributed by atoms with E-state index in [-0.39, 0.29) is 42.2 Å². The van der Waals surface area contributed by atoms with Crippen molar-refractivity contribution in [3.63, 3.8) is 0 Å². The van der Waals surface area contributed by atoms with Crippen LogP contribution in [0.3, 0.4) is 0 Å². The Morgan fingerprint density at radius 3 is 2.53 bits per heavy atom. The maximum Gasteiger partial charge on any atom is 0.320 e. The Hall–Kier alpha value is -3.20. The first-order chi connectivity index (χ1) is 15.5. The molecule has 2 aliphatic rings. The quantitative estimate of drug-likeness (QED) is 0.481. The summed E-state index contributed by atoms with van der Waals surface area (Å²) in [6.07, 6.45) is 3.96. The van der Waals surface area contributed by atoms with E-state index in [2.05, 4.69) is 33.2 Å². The van der Waals surface area contributed by atoms with E-state index in [0.29, 0.717) is 6.61 Å². The maximum atomic E-state index is 13.0. The highest BCUT2D eigenvalue weighted by Crippen LogP contribution is 2.34. The van der Waals surface area contributed by atoms with E-state index in [1.165, 1.54) is 17.7 Å². The van der Waals surface area contributed by atoms with Crippen molar-refractivity contribution in [2.24, 2.45) is 0 Å². The number of nitrogen functional groups attached to an aromatic ring is 1. The zero-order valence-corrected chi connectivity index (χ0v) is 18.5. The van der Waals surface area contributed by atoms with E-state index in [0.717, 1.165) is 43.6 Å². The Labute approximate surface area is 188 Å². The average Bonchev–Trinajstić information content (AvgIpc) is 3.24. The third-order valence-corrected chi connectivity index (χ3v) is 5.80. The van der Waals surface area contributed by atoms with Crippen molar-refractivity contribution in [2.75, 3.05) is 35.6 Å². The number of carbonyl (C=O) groups is 2. The van der Waals surface area contributed by atoms with Crippen LogP contribution in [-0.4, -0.2) is 46.4 Å². The van der Waals surface area contributed by atoms with E-state index in [9.17, 15) is 9.59 Å². The van der Waals surface area contributed by atoms with E-state index in [1.54, 1.807) is 0 Å². The molecule has 1 fully saturated rings. The fourth-order valence-corrected chi connectivity index (χ4v) is 4.05. The van der Waals surface area contributed by atoms with Gasteiger partial charge in [-0.3, -0.25) is 19.4 Å². The first kappa shape index (κ1) is 22.0. The summed E-state index contributed by atoms with van der Waals surface area (Å²) in [6, 6.07) is 8.19. The number of ether oxygens (including phenoxy) is 1. The number of anilines is 3. The van der Waals surface area contributed by atoms with Gasteiger partial charge in [-0.05, 0) is 43.5 Å². The summed E-state index contributed by atoms with van der Waals surface area (Å²) in [5.74, 6) is -0.412. The third kappa shape index (κ3) is 4.99. The summed E-state index contributed by atoms with van der Waals surface area (Å²) in [5.41, 5.74) is 8.55. The number of likely N-dealkylation sites (tertiary alicyclic amines) is 1. The van der Waals surface area contributed by atoms with Crippen molar-refractivity contribution in [3.8, 4) is 6.01 Å². The molecule has 9 heteroatoms. The van der Waals surface area contributed by atoms with Crippen LogP contribution in [0.25, 0.3) is 0 Å². The summed E-state index contributed by atoms with van der Waals surface area (Å²) in [6.45, 7) is 5.80. The predicted octanol–water partition coefficient (Wildman–Crippen LogP) is 2.71. The Morgan fingerprint density at radius 2 is 1.81 bits per heavy atom. The van der Waals surface area contributed by atoms with Gasteiger partial charge in [-0.1, -0.05) is 37.6 Å². The van der Waals surface area contributed by atoms with Crippen LogP contribution in [0.15, 0.2) is 24.3 Å². The van der Waals surface area contributed by atoms with Crippen LogP contribution in [0.1, 0.15) is 50.2 Å². The summed E-state index contributed by atoms with van der Waals surface area (Å²) in [5, 5.41) is 2.69. The molecular weight excluding hydrogens is 408 g/mol. The molecule has 1 aromatic carbocycles. The molecule has 4 rings (SSSR count). The molecule has 1 saturated heterocycles. The minimum atomic E-state index is -0.431. The Kier molecular flexibility index (Phi) is 6.84. The lowest BCUT2D eigenvalue weighted by Crippen LogP contribution is -2.32. The molecule has 1 aromatic heterocycles. The largest absolute Gasteiger partial charge is 0.463 e. The molecule has 0 radical (unpaired) electrons. The lowest BCUT2D eigenvalue weighted by Gasteiger charge is -2.24. The lowest BCUT2D eigenvalue weighted by atomic mass is 10.1. The number of nitrogens with one attached hydrogen (secondary N) is 1. The molecule has 2 aliphatic heterocycles. The number of rotatable bonds is 8. The standard InChI is InChI=1S/C23H30N6O3/c1-2-3-12-32-23-26-21(24)20-22(27-23)29(19(31)13-18(30)25-20)15-17-9-5-4-8-16(17)14-28-10-6-7-11-28/h4-5,8-9H,2-3,6-7,10-15H2,1H3,(H,25,30)(H2,24,26,27). The van der Waals surface area contributed by atoms with E-state index in [1.807, 2.05) is 18.2 Å². The average molecular weight is 439 g/mol. The molecule has 0 atom stereocenters. The second-order valence-electron chi connectivity index (χ2n) is 8.25. The topological polar surface area (TPSA) is 114 Å². The second kappa shape index (κ2) is 9.95. The van der Waals surface area contributed by atoms with Crippen LogP contribution in [0.2, 0.25) is 0 Å². The highest BCUT2D eigenvalue weighted by atomic mass is 16.5. The predicted molar refractivity (Wildman–Crippen MR) is 122 cm³/mol. The maximum absolute atomic E-state index is 13.0. The number of nitrogens with two attached hydrogens (primary N) is 1. The second-order valence-corrected chi connectivity index (χ2v) is 8.25. The van der Waals surface area contributed by atoms with Crippen LogP contribution in [0, 0.1) is 0 Å². The van der Waals surface area contributed by atoms with Gasteiger partial charge < -0.3 is 15.8 Å². The highest BCUT2D eigenvalue weighted by molar-refractivity contribution is 6.14. The normalized spacial score (nSPS) is 16.6. The summed E-state index contributed by atoms with van der Waals surface area (Å²) in [4.78, 5) is 37.9. The molecule has 170 valence electrons. The minimum absolute atomic E-state index is 0.0832.